The van der Waals surface area contributed by atoms with Crippen molar-refractivity contribution < 1.29 is 22.7 Å². The van der Waals surface area contributed by atoms with Crippen molar-refractivity contribution in [2.24, 2.45) is 0 Å². The molecule has 138 valence electrons. The highest BCUT2D eigenvalue weighted by Gasteiger charge is 2.16. The molecule has 0 saturated heterocycles. The first-order chi connectivity index (χ1) is 12.2. The number of methoxy groups -OCH3 is 1. The van der Waals surface area contributed by atoms with Crippen molar-refractivity contribution in [1.29, 1.82) is 0 Å². The summed E-state index contributed by atoms with van der Waals surface area (Å²) in [5.74, 6) is -0.974. The fraction of sp³-hybridized carbons (Fsp3) is 0.222. The van der Waals surface area contributed by atoms with Crippen LogP contribution in [0.1, 0.15) is 21.5 Å². The third kappa shape index (κ3) is 4.90. The Morgan fingerprint density at radius 2 is 1.65 bits per heavy atom. The van der Waals surface area contributed by atoms with Gasteiger partial charge in [0.1, 0.15) is 6.54 Å². The monoisotopic (exact) mass is 376 g/mol. The van der Waals surface area contributed by atoms with Gasteiger partial charge in [-0.05, 0) is 61.4 Å². The van der Waals surface area contributed by atoms with E-state index in [1.807, 2.05) is 19.9 Å². The molecular formula is C18H20N2O5S. The molecule has 7 nitrogen and oxygen atoms in total. The van der Waals surface area contributed by atoms with Gasteiger partial charge in [-0.2, -0.15) is 4.72 Å². The normalized spacial score (nSPS) is 11.0. The first-order valence-electron chi connectivity index (χ1n) is 7.78. The molecule has 2 N–H and O–H groups in total. The van der Waals surface area contributed by atoms with Crippen LogP contribution in [-0.4, -0.2) is 33.9 Å². The molecule has 0 saturated carbocycles. The Morgan fingerprint density at radius 1 is 1.00 bits per heavy atom. The SMILES string of the molecule is COC(=O)CNS(=O)(=O)c1ccc(NC(=O)c2ccc(C)c(C)c2)cc1. The van der Waals surface area contributed by atoms with Gasteiger partial charge >= 0.3 is 5.97 Å². The van der Waals surface area contributed by atoms with Crippen molar-refractivity contribution >= 4 is 27.6 Å². The number of carbonyl (C=O) groups excluding carboxylic acids is 2. The minimum absolute atomic E-state index is 0.0226. The van der Waals surface area contributed by atoms with Gasteiger partial charge in [0.2, 0.25) is 10.0 Å². The molecule has 0 aliphatic carbocycles. The van der Waals surface area contributed by atoms with E-state index in [0.717, 1.165) is 11.1 Å². The minimum atomic E-state index is -3.84. The number of amides is 1. The molecule has 2 rings (SSSR count). The van der Waals surface area contributed by atoms with Crippen LogP contribution in [0.15, 0.2) is 47.4 Å². The van der Waals surface area contributed by atoms with Gasteiger partial charge in [0.25, 0.3) is 5.91 Å². The molecule has 0 radical (unpaired) electrons. The number of carbonyl (C=O) groups is 2. The Bertz CT molecular complexity index is 921. The van der Waals surface area contributed by atoms with E-state index in [-0.39, 0.29) is 10.8 Å². The molecule has 2 aromatic carbocycles. The summed E-state index contributed by atoms with van der Waals surface area (Å²) in [5.41, 5.74) is 3.08. The largest absolute Gasteiger partial charge is 0.468 e. The van der Waals surface area contributed by atoms with E-state index in [0.29, 0.717) is 11.3 Å². The van der Waals surface area contributed by atoms with Crippen molar-refractivity contribution in [3.63, 3.8) is 0 Å². The molecule has 0 spiro atoms. The summed E-state index contributed by atoms with van der Waals surface area (Å²) in [7, 11) is -2.67. The number of esters is 1. The van der Waals surface area contributed by atoms with Crippen LogP contribution in [0.4, 0.5) is 5.69 Å². The lowest BCUT2D eigenvalue weighted by molar-refractivity contribution is -0.139. The number of ether oxygens (including phenoxy) is 1. The number of benzene rings is 2. The number of aryl methyl sites for hydroxylation is 2. The van der Waals surface area contributed by atoms with E-state index < -0.39 is 22.5 Å². The molecule has 1 amide bonds. The molecule has 0 fully saturated rings. The molecule has 8 heteroatoms. The Morgan fingerprint density at radius 3 is 2.23 bits per heavy atom. The highest BCUT2D eigenvalue weighted by atomic mass is 32.2. The van der Waals surface area contributed by atoms with Gasteiger partial charge in [-0.1, -0.05) is 6.07 Å². The molecule has 0 aliphatic rings. The minimum Gasteiger partial charge on any atom is -0.468 e. The number of sulfonamides is 1. The standard InChI is InChI=1S/C18H20N2O5S/c1-12-4-5-14(10-13(12)2)18(22)20-15-6-8-16(9-7-15)26(23,24)19-11-17(21)25-3/h4-10,19H,11H2,1-3H3,(H,20,22). The number of hydrogen-bond acceptors (Lipinski definition) is 5. The number of anilines is 1. The van der Waals surface area contributed by atoms with Gasteiger partial charge < -0.3 is 10.1 Å². The Balaban J connectivity index is 2.08. The van der Waals surface area contributed by atoms with Gasteiger partial charge in [0, 0.05) is 11.3 Å². The number of hydrogen-bond donors (Lipinski definition) is 2. The van der Waals surface area contributed by atoms with E-state index in [1.54, 1.807) is 12.1 Å². The molecule has 2 aromatic rings. The van der Waals surface area contributed by atoms with E-state index in [4.69, 9.17) is 0 Å². The quantitative estimate of drug-likeness (QED) is 0.751. The lowest BCUT2D eigenvalue weighted by Gasteiger charge is -2.09. The van der Waals surface area contributed by atoms with Crippen molar-refractivity contribution in [1.82, 2.24) is 4.72 Å². The van der Waals surface area contributed by atoms with E-state index in [1.165, 1.54) is 31.4 Å². The van der Waals surface area contributed by atoms with E-state index >= 15 is 0 Å². The van der Waals surface area contributed by atoms with Crippen molar-refractivity contribution in [2.75, 3.05) is 19.0 Å². The van der Waals surface area contributed by atoms with Crippen LogP contribution in [-0.2, 0) is 19.6 Å². The van der Waals surface area contributed by atoms with Gasteiger partial charge in [-0.15, -0.1) is 0 Å². The van der Waals surface area contributed by atoms with E-state index in [2.05, 4.69) is 14.8 Å². The summed E-state index contributed by atoms with van der Waals surface area (Å²) in [6.45, 7) is 3.43. The molecule has 0 bridgehead atoms. The van der Waals surface area contributed by atoms with Crippen LogP contribution in [0.3, 0.4) is 0 Å². The summed E-state index contributed by atoms with van der Waals surface area (Å²) in [6, 6.07) is 11.0. The fourth-order valence-corrected chi connectivity index (χ4v) is 3.08. The highest BCUT2D eigenvalue weighted by molar-refractivity contribution is 7.89. The zero-order valence-corrected chi connectivity index (χ0v) is 15.5. The molecule has 0 aromatic heterocycles. The zero-order valence-electron chi connectivity index (χ0n) is 14.7. The van der Waals surface area contributed by atoms with Crippen molar-refractivity contribution in [2.45, 2.75) is 18.7 Å². The second kappa shape index (κ2) is 8.11. The van der Waals surface area contributed by atoms with Crippen LogP contribution in [0.5, 0.6) is 0 Å². The second-order valence-electron chi connectivity index (χ2n) is 5.68. The molecule has 0 aliphatic heterocycles. The van der Waals surface area contributed by atoms with Crippen molar-refractivity contribution in [3.05, 3.63) is 59.2 Å². The summed E-state index contributed by atoms with van der Waals surface area (Å²) in [6.07, 6.45) is 0. The summed E-state index contributed by atoms with van der Waals surface area (Å²) >= 11 is 0. The van der Waals surface area contributed by atoms with Gasteiger partial charge in [-0.3, -0.25) is 9.59 Å². The fourth-order valence-electron chi connectivity index (χ4n) is 2.11. The van der Waals surface area contributed by atoms with Crippen LogP contribution in [0.25, 0.3) is 0 Å². The average molecular weight is 376 g/mol. The lowest BCUT2D eigenvalue weighted by atomic mass is 10.1. The molecular weight excluding hydrogens is 356 g/mol. The van der Waals surface area contributed by atoms with E-state index in [9.17, 15) is 18.0 Å². The number of rotatable bonds is 6. The molecule has 0 atom stereocenters. The van der Waals surface area contributed by atoms with Gasteiger partial charge in [0.15, 0.2) is 0 Å². The second-order valence-corrected chi connectivity index (χ2v) is 7.45. The third-order valence-corrected chi connectivity index (χ3v) is 5.24. The Labute approximate surface area is 152 Å². The summed E-state index contributed by atoms with van der Waals surface area (Å²) in [4.78, 5) is 23.3. The first-order valence-corrected chi connectivity index (χ1v) is 9.26. The maximum atomic E-state index is 12.3. The van der Waals surface area contributed by atoms with Gasteiger partial charge in [-0.25, -0.2) is 8.42 Å². The lowest BCUT2D eigenvalue weighted by Crippen LogP contribution is -2.30. The van der Waals surface area contributed by atoms with Crippen LogP contribution in [0, 0.1) is 13.8 Å². The summed E-state index contributed by atoms with van der Waals surface area (Å²) in [5, 5.41) is 2.71. The predicted molar refractivity (Wildman–Crippen MR) is 97.5 cm³/mol. The Kier molecular flexibility index (Phi) is 6.12. The van der Waals surface area contributed by atoms with Crippen LogP contribution < -0.4 is 10.0 Å². The highest BCUT2D eigenvalue weighted by Crippen LogP contribution is 2.16. The summed E-state index contributed by atoms with van der Waals surface area (Å²) < 4.78 is 30.7. The maximum absolute atomic E-state index is 12.3. The topological polar surface area (TPSA) is 102 Å². The maximum Gasteiger partial charge on any atom is 0.320 e. The van der Waals surface area contributed by atoms with Crippen LogP contribution >= 0.6 is 0 Å². The zero-order chi connectivity index (χ0) is 19.3. The van der Waals surface area contributed by atoms with Gasteiger partial charge in [0.05, 0.1) is 12.0 Å². The molecule has 0 heterocycles. The smallest absolute Gasteiger partial charge is 0.320 e. The Hall–Kier alpha value is -2.71. The molecule has 26 heavy (non-hydrogen) atoms. The predicted octanol–water partition coefficient (Wildman–Crippen LogP) is 2.01. The van der Waals surface area contributed by atoms with Crippen molar-refractivity contribution in [3.8, 4) is 0 Å². The number of nitrogens with one attached hydrogen (secondary N) is 2. The average Bonchev–Trinajstić information content (AvgIpc) is 2.62. The first kappa shape index (κ1) is 19.6. The third-order valence-electron chi connectivity index (χ3n) is 3.83. The van der Waals surface area contributed by atoms with Crippen LogP contribution in [0.2, 0.25) is 0 Å². The molecule has 0 unspecified atom stereocenters.